The van der Waals surface area contributed by atoms with E-state index in [4.69, 9.17) is 9.47 Å². The van der Waals surface area contributed by atoms with Crippen LogP contribution >= 0.6 is 0 Å². The zero-order valence-electron chi connectivity index (χ0n) is 19.2. The number of carboxylic acids is 1. The van der Waals surface area contributed by atoms with Gasteiger partial charge in [0.25, 0.3) is 0 Å². The number of nitrogens with one attached hydrogen (secondary N) is 2. The Morgan fingerprint density at radius 2 is 1.65 bits per heavy atom. The van der Waals surface area contributed by atoms with Gasteiger partial charge in [0.05, 0.1) is 5.41 Å². The number of carbonyl (C=O) groups excluding carboxylic acids is 2. The summed E-state index contributed by atoms with van der Waals surface area (Å²) in [7, 11) is 0. The van der Waals surface area contributed by atoms with E-state index in [9.17, 15) is 19.5 Å². The molecule has 0 aromatic heterocycles. The quantitative estimate of drug-likeness (QED) is 0.550. The Morgan fingerprint density at radius 3 is 2.21 bits per heavy atom. The number of hydrogen-bond acceptors (Lipinski definition) is 5. The summed E-state index contributed by atoms with van der Waals surface area (Å²) in [6, 6.07) is 15.2. The summed E-state index contributed by atoms with van der Waals surface area (Å²) in [4.78, 5) is 37.0. The van der Waals surface area contributed by atoms with Gasteiger partial charge in [-0.2, -0.15) is 0 Å². The molecule has 34 heavy (non-hydrogen) atoms. The molecule has 180 valence electrons. The first kappa shape index (κ1) is 23.8. The Hall–Kier alpha value is -3.39. The zero-order valence-corrected chi connectivity index (χ0v) is 19.2. The number of ether oxygens (including phenoxy) is 2. The van der Waals surface area contributed by atoms with Crippen molar-refractivity contribution in [2.24, 2.45) is 5.41 Å². The fourth-order valence-corrected chi connectivity index (χ4v) is 4.79. The number of alkyl carbamates (subject to hydrolysis) is 1. The van der Waals surface area contributed by atoms with Gasteiger partial charge < -0.3 is 25.2 Å². The van der Waals surface area contributed by atoms with Gasteiger partial charge >= 0.3 is 12.1 Å². The molecule has 0 spiro atoms. The summed E-state index contributed by atoms with van der Waals surface area (Å²) in [6.07, 6.45) is 0.440. The minimum Gasteiger partial charge on any atom is -0.480 e. The molecule has 3 N–H and O–H groups in total. The van der Waals surface area contributed by atoms with E-state index in [1.807, 2.05) is 24.3 Å². The molecule has 2 aliphatic rings. The predicted molar refractivity (Wildman–Crippen MR) is 125 cm³/mol. The molecule has 2 amide bonds. The highest BCUT2D eigenvalue weighted by Gasteiger charge is 2.42. The summed E-state index contributed by atoms with van der Waals surface area (Å²) in [5, 5.41) is 14.7. The fourth-order valence-electron chi connectivity index (χ4n) is 4.79. The molecule has 0 saturated carbocycles. The molecule has 2 aromatic rings. The third-order valence-corrected chi connectivity index (χ3v) is 6.86. The van der Waals surface area contributed by atoms with Crippen LogP contribution in [0.25, 0.3) is 11.1 Å². The van der Waals surface area contributed by atoms with E-state index in [-0.39, 0.29) is 31.4 Å². The second kappa shape index (κ2) is 10.3. The van der Waals surface area contributed by atoms with Gasteiger partial charge in [0.2, 0.25) is 5.91 Å². The summed E-state index contributed by atoms with van der Waals surface area (Å²) >= 11 is 0. The average molecular weight is 467 g/mol. The van der Waals surface area contributed by atoms with Gasteiger partial charge in [-0.25, -0.2) is 9.59 Å². The summed E-state index contributed by atoms with van der Waals surface area (Å²) in [6.45, 7) is 2.66. The molecule has 1 atom stereocenters. The normalized spacial score (nSPS) is 17.2. The van der Waals surface area contributed by atoms with Gasteiger partial charge in [-0.05, 0) is 41.5 Å². The molecule has 2 aromatic carbocycles. The van der Waals surface area contributed by atoms with Crippen molar-refractivity contribution in [2.75, 3.05) is 26.4 Å². The highest BCUT2D eigenvalue weighted by molar-refractivity contribution is 5.88. The van der Waals surface area contributed by atoms with Crippen LogP contribution in [0, 0.1) is 5.41 Å². The van der Waals surface area contributed by atoms with Crippen LogP contribution < -0.4 is 10.6 Å². The number of carbonyl (C=O) groups is 3. The lowest BCUT2D eigenvalue weighted by atomic mass is 9.79. The van der Waals surface area contributed by atoms with Gasteiger partial charge in [0, 0.05) is 25.7 Å². The smallest absolute Gasteiger partial charge is 0.407 e. The molecule has 1 aliphatic heterocycles. The maximum atomic E-state index is 13.0. The van der Waals surface area contributed by atoms with Gasteiger partial charge in [-0.1, -0.05) is 55.5 Å². The standard InChI is InChI=1S/C26H30N2O6/c1-2-22(23(29)30)28-24(31)26(11-13-33-14-12-26)16-27-25(32)34-15-21-19-9-5-3-7-17(19)18-8-4-6-10-20(18)21/h3-10,21-22H,2,11-16H2,1H3,(H,27,32)(H,28,31)(H,29,30)/t22-/m0/s1. The second-order valence-corrected chi connectivity index (χ2v) is 8.84. The van der Waals surface area contributed by atoms with Crippen molar-refractivity contribution in [3.8, 4) is 11.1 Å². The number of fused-ring (bicyclic) bond motifs is 3. The SMILES string of the molecule is CC[C@H](NC(=O)C1(CNC(=O)OCC2c3ccccc3-c3ccccc32)CCOCC1)C(=O)O. The number of rotatable bonds is 8. The molecule has 0 unspecified atom stereocenters. The van der Waals surface area contributed by atoms with Gasteiger partial charge in [0.15, 0.2) is 0 Å². The Bertz CT molecular complexity index is 1020. The van der Waals surface area contributed by atoms with Gasteiger partial charge in [0.1, 0.15) is 12.6 Å². The van der Waals surface area contributed by atoms with E-state index in [0.29, 0.717) is 26.1 Å². The second-order valence-electron chi connectivity index (χ2n) is 8.84. The third kappa shape index (κ3) is 4.77. The number of carboxylic acid groups (broad SMARTS) is 1. The average Bonchev–Trinajstić information content (AvgIpc) is 3.18. The lowest BCUT2D eigenvalue weighted by molar-refractivity contribution is -0.146. The first-order valence-electron chi connectivity index (χ1n) is 11.7. The molecule has 8 nitrogen and oxygen atoms in total. The predicted octanol–water partition coefficient (Wildman–Crippen LogP) is 3.30. The minimum atomic E-state index is -1.08. The lowest BCUT2D eigenvalue weighted by Gasteiger charge is -2.36. The van der Waals surface area contributed by atoms with Crippen molar-refractivity contribution in [1.29, 1.82) is 0 Å². The Morgan fingerprint density at radius 1 is 1.06 bits per heavy atom. The molecular weight excluding hydrogens is 436 g/mol. The Balaban J connectivity index is 1.39. The van der Waals surface area contributed by atoms with E-state index in [1.165, 1.54) is 0 Å². The molecule has 4 rings (SSSR count). The lowest BCUT2D eigenvalue weighted by Crippen LogP contribution is -2.54. The van der Waals surface area contributed by atoms with E-state index in [1.54, 1.807) is 6.92 Å². The third-order valence-electron chi connectivity index (χ3n) is 6.86. The minimum absolute atomic E-state index is 0.0505. The van der Waals surface area contributed by atoms with Crippen LogP contribution in [-0.4, -0.2) is 55.5 Å². The fraction of sp³-hybridized carbons (Fsp3) is 0.423. The first-order chi connectivity index (χ1) is 16.4. The highest BCUT2D eigenvalue weighted by atomic mass is 16.5. The number of aliphatic carboxylic acids is 1. The van der Waals surface area contributed by atoms with Crippen LogP contribution in [0.5, 0.6) is 0 Å². The van der Waals surface area contributed by atoms with E-state index in [2.05, 4.69) is 34.9 Å². The van der Waals surface area contributed by atoms with Gasteiger partial charge in [-0.15, -0.1) is 0 Å². The maximum Gasteiger partial charge on any atom is 0.407 e. The van der Waals surface area contributed by atoms with E-state index < -0.39 is 23.5 Å². The first-order valence-corrected chi connectivity index (χ1v) is 11.7. The van der Waals surface area contributed by atoms with Gasteiger partial charge in [-0.3, -0.25) is 4.79 Å². The van der Waals surface area contributed by atoms with Crippen molar-refractivity contribution in [2.45, 2.75) is 38.1 Å². The van der Waals surface area contributed by atoms with Crippen LogP contribution in [0.3, 0.4) is 0 Å². The highest BCUT2D eigenvalue weighted by Crippen LogP contribution is 2.44. The molecule has 0 bridgehead atoms. The molecule has 1 fully saturated rings. The van der Waals surface area contributed by atoms with Crippen molar-refractivity contribution in [3.05, 3.63) is 59.7 Å². The monoisotopic (exact) mass is 466 g/mol. The molecule has 0 radical (unpaired) electrons. The van der Waals surface area contributed by atoms with E-state index in [0.717, 1.165) is 22.3 Å². The van der Waals surface area contributed by atoms with Crippen LogP contribution in [0.15, 0.2) is 48.5 Å². The van der Waals surface area contributed by atoms with Crippen molar-refractivity contribution in [1.82, 2.24) is 10.6 Å². The number of amides is 2. The van der Waals surface area contributed by atoms with Crippen molar-refractivity contribution in [3.63, 3.8) is 0 Å². The van der Waals surface area contributed by atoms with Crippen LogP contribution in [0.2, 0.25) is 0 Å². The zero-order chi connectivity index (χ0) is 24.1. The van der Waals surface area contributed by atoms with Crippen molar-refractivity contribution >= 4 is 18.0 Å². The van der Waals surface area contributed by atoms with Crippen LogP contribution in [0.4, 0.5) is 4.79 Å². The Kier molecular flexibility index (Phi) is 7.17. The van der Waals surface area contributed by atoms with E-state index >= 15 is 0 Å². The topological polar surface area (TPSA) is 114 Å². The maximum absolute atomic E-state index is 13.0. The molecule has 1 heterocycles. The van der Waals surface area contributed by atoms with Crippen LogP contribution in [-0.2, 0) is 19.1 Å². The molecule has 1 saturated heterocycles. The number of benzene rings is 2. The molecule has 8 heteroatoms. The van der Waals surface area contributed by atoms with Crippen LogP contribution in [0.1, 0.15) is 43.2 Å². The van der Waals surface area contributed by atoms with Crippen molar-refractivity contribution < 1.29 is 29.0 Å². The summed E-state index contributed by atoms with van der Waals surface area (Å²) < 4.78 is 11.0. The Labute approximate surface area is 198 Å². The summed E-state index contributed by atoms with van der Waals surface area (Å²) in [5.41, 5.74) is 3.60. The summed E-state index contributed by atoms with van der Waals surface area (Å²) in [5.74, 6) is -1.52. The number of hydrogen-bond donors (Lipinski definition) is 3. The molecular formula is C26H30N2O6. The molecule has 1 aliphatic carbocycles. The largest absolute Gasteiger partial charge is 0.480 e.